The summed E-state index contributed by atoms with van der Waals surface area (Å²) >= 11 is 0. The van der Waals surface area contributed by atoms with Gasteiger partial charge in [0.15, 0.2) is 0 Å². The summed E-state index contributed by atoms with van der Waals surface area (Å²) in [5, 5.41) is 0. The van der Waals surface area contributed by atoms with E-state index in [1.165, 1.54) is 11.1 Å². The van der Waals surface area contributed by atoms with Gasteiger partial charge in [0.05, 0.1) is 0 Å². The number of hydrogen-bond donors (Lipinski definition) is 0. The molecule has 0 radical (unpaired) electrons. The minimum absolute atomic E-state index is 0.0680. The molecule has 0 aliphatic heterocycles. The lowest BCUT2D eigenvalue weighted by molar-refractivity contribution is -0.108. The van der Waals surface area contributed by atoms with Gasteiger partial charge in [-0.2, -0.15) is 0 Å². The van der Waals surface area contributed by atoms with Crippen molar-refractivity contribution in [1.29, 1.82) is 0 Å². The van der Waals surface area contributed by atoms with Crippen LogP contribution in [0.4, 0.5) is 0 Å². The molecule has 0 saturated heterocycles. The smallest absolute Gasteiger partial charge is 0.127 e. The highest BCUT2D eigenvalue weighted by Gasteiger charge is 2.10. The van der Waals surface area contributed by atoms with Gasteiger partial charge in [0.25, 0.3) is 0 Å². The van der Waals surface area contributed by atoms with E-state index in [4.69, 9.17) is 0 Å². The number of carbonyl (C=O) groups excluding carboxylic acids is 1. The molecule has 2 rings (SSSR count). The Morgan fingerprint density at radius 2 is 1.60 bits per heavy atom. The highest BCUT2D eigenvalue weighted by atomic mass is 16.1. The number of benzene rings is 2. The third kappa shape index (κ3) is 3.36. The number of hydrogen-bond acceptors (Lipinski definition) is 1. The predicted octanol–water partition coefficient (Wildman–Crippen LogP) is 4.85. The van der Waals surface area contributed by atoms with Crippen LogP contribution in [-0.4, -0.2) is 6.29 Å². The van der Waals surface area contributed by atoms with E-state index in [1.807, 2.05) is 25.1 Å². The zero-order chi connectivity index (χ0) is 14.5. The number of carbonyl (C=O) groups is 1. The van der Waals surface area contributed by atoms with E-state index in [-0.39, 0.29) is 5.92 Å². The topological polar surface area (TPSA) is 17.1 Å². The van der Waals surface area contributed by atoms with Crippen molar-refractivity contribution in [2.24, 2.45) is 5.92 Å². The van der Waals surface area contributed by atoms with Crippen LogP contribution < -0.4 is 0 Å². The summed E-state index contributed by atoms with van der Waals surface area (Å²) in [5.74, 6) is 0.602. The first-order valence-corrected chi connectivity index (χ1v) is 7.25. The summed E-state index contributed by atoms with van der Waals surface area (Å²) in [6.07, 6.45) is 2.11. The van der Waals surface area contributed by atoms with E-state index in [0.29, 0.717) is 5.92 Å². The van der Waals surface area contributed by atoms with Crippen LogP contribution in [0, 0.1) is 5.92 Å². The van der Waals surface area contributed by atoms with Gasteiger partial charge in [0.1, 0.15) is 6.29 Å². The lowest BCUT2D eigenvalue weighted by Gasteiger charge is -2.13. The molecule has 1 atom stereocenters. The summed E-state index contributed by atoms with van der Waals surface area (Å²) in [7, 11) is 0. The molecule has 1 unspecified atom stereocenters. The number of aldehydes is 1. The van der Waals surface area contributed by atoms with Gasteiger partial charge in [-0.25, -0.2) is 0 Å². The van der Waals surface area contributed by atoms with Crippen molar-refractivity contribution in [2.45, 2.75) is 33.1 Å². The second-order valence-corrected chi connectivity index (χ2v) is 5.81. The van der Waals surface area contributed by atoms with Crippen LogP contribution in [0.25, 0.3) is 11.1 Å². The SMILES string of the molecule is CC(C)Cc1ccc(-c2ccccc2C(C)C=O)cc1. The van der Waals surface area contributed by atoms with E-state index in [9.17, 15) is 4.79 Å². The summed E-state index contributed by atoms with van der Waals surface area (Å²) < 4.78 is 0. The van der Waals surface area contributed by atoms with Crippen LogP contribution >= 0.6 is 0 Å². The Morgan fingerprint density at radius 1 is 0.950 bits per heavy atom. The van der Waals surface area contributed by atoms with E-state index >= 15 is 0 Å². The molecular weight excluding hydrogens is 244 g/mol. The van der Waals surface area contributed by atoms with Crippen LogP contribution in [0.1, 0.15) is 37.8 Å². The van der Waals surface area contributed by atoms with E-state index in [1.54, 1.807) is 0 Å². The van der Waals surface area contributed by atoms with Crippen LogP contribution in [-0.2, 0) is 11.2 Å². The van der Waals surface area contributed by atoms with Gasteiger partial charge in [-0.15, -0.1) is 0 Å². The van der Waals surface area contributed by atoms with Crippen molar-refractivity contribution in [1.82, 2.24) is 0 Å². The zero-order valence-electron chi connectivity index (χ0n) is 12.5. The fourth-order valence-corrected chi connectivity index (χ4v) is 2.52. The molecule has 0 aromatic heterocycles. The Balaban J connectivity index is 2.34. The van der Waals surface area contributed by atoms with Crippen molar-refractivity contribution in [2.75, 3.05) is 0 Å². The van der Waals surface area contributed by atoms with E-state index in [2.05, 4.69) is 44.2 Å². The van der Waals surface area contributed by atoms with Gasteiger partial charge in [-0.05, 0) is 34.6 Å². The molecule has 104 valence electrons. The van der Waals surface area contributed by atoms with Gasteiger partial charge in [0.2, 0.25) is 0 Å². The van der Waals surface area contributed by atoms with Crippen LogP contribution in [0.3, 0.4) is 0 Å². The van der Waals surface area contributed by atoms with E-state index in [0.717, 1.165) is 23.8 Å². The maximum Gasteiger partial charge on any atom is 0.127 e. The van der Waals surface area contributed by atoms with Gasteiger partial charge >= 0.3 is 0 Å². The van der Waals surface area contributed by atoms with Gasteiger partial charge in [-0.1, -0.05) is 69.3 Å². The molecule has 1 nitrogen and oxygen atoms in total. The molecule has 0 heterocycles. The fraction of sp³-hybridized carbons (Fsp3) is 0.316. The summed E-state index contributed by atoms with van der Waals surface area (Å²) in [6.45, 7) is 6.41. The quantitative estimate of drug-likeness (QED) is 0.707. The standard InChI is InChI=1S/C19H22O/c1-14(2)12-16-8-10-17(11-9-16)19-7-5-4-6-18(19)15(3)13-20/h4-11,13-15H,12H2,1-3H3. The van der Waals surface area contributed by atoms with Crippen LogP contribution in [0.15, 0.2) is 48.5 Å². The summed E-state index contributed by atoms with van der Waals surface area (Å²) in [4.78, 5) is 11.1. The molecule has 20 heavy (non-hydrogen) atoms. The van der Waals surface area contributed by atoms with Gasteiger partial charge < -0.3 is 4.79 Å². The summed E-state index contributed by atoms with van der Waals surface area (Å²) in [6, 6.07) is 16.9. The monoisotopic (exact) mass is 266 g/mol. The minimum atomic E-state index is -0.0680. The molecule has 0 N–H and O–H groups in total. The minimum Gasteiger partial charge on any atom is -0.303 e. The Kier molecular flexibility index (Phi) is 4.73. The molecule has 0 aliphatic rings. The van der Waals surface area contributed by atoms with Crippen molar-refractivity contribution < 1.29 is 4.79 Å². The molecule has 0 spiro atoms. The third-order valence-electron chi connectivity index (χ3n) is 3.56. The molecule has 0 aliphatic carbocycles. The molecule has 1 heteroatoms. The Hall–Kier alpha value is -1.89. The summed E-state index contributed by atoms with van der Waals surface area (Å²) in [5.41, 5.74) is 4.80. The van der Waals surface area contributed by atoms with Crippen LogP contribution in [0.2, 0.25) is 0 Å². The third-order valence-corrected chi connectivity index (χ3v) is 3.56. The molecule has 0 bridgehead atoms. The first kappa shape index (κ1) is 14.5. The highest BCUT2D eigenvalue weighted by molar-refractivity contribution is 5.74. The second kappa shape index (κ2) is 6.51. The van der Waals surface area contributed by atoms with Gasteiger partial charge in [-0.3, -0.25) is 0 Å². The maximum atomic E-state index is 11.1. The molecular formula is C19H22O. The molecule has 2 aromatic rings. The zero-order valence-corrected chi connectivity index (χ0v) is 12.5. The fourth-order valence-electron chi connectivity index (χ4n) is 2.52. The highest BCUT2D eigenvalue weighted by Crippen LogP contribution is 2.28. The Bertz CT molecular complexity index is 567. The van der Waals surface area contributed by atoms with Crippen molar-refractivity contribution in [3.8, 4) is 11.1 Å². The molecule has 0 saturated carbocycles. The maximum absolute atomic E-state index is 11.1. The van der Waals surface area contributed by atoms with Crippen molar-refractivity contribution in [3.05, 3.63) is 59.7 Å². The first-order valence-electron chi connectivity index (χ1n) is 7.25. The molecule has 0 amide bonds. The number of rotatable bonds is 5. The van der Waals surface area contributed by atoms with E-state index < -0.39 is 0 Å². The van der Waals surface area contributed by atoms with Gasteiger partial charge in [0, 0.05) is 5.92 Å². The van der Waals surface area contributed by atoms with Crippen molar-refractivity contribution >= 4 is 6.29 Å². The normalized spacial score (nSPS) is 12.4. The molecule has 2 aromatic carbocycles. The second-order valence-electron chi connectivity index (χ2n) is 5.81. The average Bonchev–Trinajstić information content (AvgIpc) is 2.46. The largest absolute Gasteiger partial charge is 0.303 e. The molecule has 0 fully saturated rings. The Labute approximate surface area is 121 Å². The Morgan fingerprint density at radius 3 is 2.20 bits per heavy atom. The first-order chi connectivity index (χ1) is 9.61. The lowest BCUT2D eigenvalue weighted by Crippen LogP contribution is -1.98. The lowest BCUT2D eigenvalue weighted by atomic mass is 9.91. The van der Waals surface area contributed by atoms with Crippen LogP contribution in [0.5, 0.6) is 0 Å². The predicted molar refractivity (Wildman–Crippen MR) is 84.9 cm³/mol. The average molecular weight is 266 g/mol. The van der Waals surface area contributed by atoms with Crippen molar-refractivity contribution in [3.63, 3.8) is 0 Å².